The minimum atomic E-state index is 0.0208. The number of hydrogen-bond acceptors (Lipinski definition) is 4. The van der Waals surface area contributed by atoms with Crippen LogP contribution in [0.15, 0.2) is 48.8 Å². The van der Waals surface area contributed by atoms with E-state index < -0.39 is 0 Å². The number of para-hydroxylation sites is 1. The Kier molecular flexibility index (Phi) is 5.18. The summed E-state index contributed by atoms with van der Waals surface area (Å²) in [6.45, 7) is 3.04. The summed E-state index contributed by atoms with van der Waals surface area (Å²) in [5.74, 6) is 1.07. The van der Waals surface area contributed by atoms with Crippen LogP contribution in [0.4, 0.5) is 5.82 Å². The van der Waals surface area contributed by atoms with Crippen LogP contribution in [0.3, 0.4) is 0 Å². The average Bonchev–Trinajstić information content (AvgIpc) is 3.36. The Bertz CT molecular complexity index is 837. The molecule has 1 aliphatic rings. The summed E-state index contributed by atoms with van der Waals surface area (Å²) >= 11 is 0. The summed E-state index contributed by atoms with van der Waals surface area (Å²) in [5, 5.41) is 14.5. The zero-order valence-corrected chi connectivity index (χ0v) is 15.0. The van der Waals surface area contributed by atoms with Gasteiger partial charge in [-0.2, -0.15) is 0 Å². The number of benzene rings is 1. The number of rotatable bonds is 7. The van der Waals surface area contributed by atoms with E-state index in [9.17, 15) is 5.11 Å². The normalized spacial score (nSPS) is 15.7. The number of aromatic amines is 1. The van der Waals surface area contributed by atoms with Crippen molar-refractivity contribution >= 4 is 16.7 Å². The molecule has 3 heterocycles. The summed E-state index contributed by atoms with van der Waals surface area (Å²) in [4.78, 5) is 10.2. The van der Waals surface area contributed by atoms with Gasteiger partial charge in [0.05, 0.1) is 6.61 Å². The van der Waals surface area contributed by atoms with Gasteiger partial charge in [-0.1, -0.05) is 24.3 Å². The van der Waals surface area contributed by atoms with Crippen LogP contribution >= 0.6 is 0 Å². The number of hydrogen-bond donors (Lipinski definition) is 3. The Morgan fingerprint density at radius 2 is 2.00 bits per heavy atom. The number of H-pyrrole nitrogens is 1. The number of anilines is 1. The summed E-state index contributed by atoms with van der Waals surface area (Å²) in [5.41, 5.74) is 3.51. The van der Waals surface area contributed by atoms with Gasteiger partial charge in [0.25, 0.3) is 0 Å². The van der Waals surface area contributed by atoms with E-state index in [1.807, 2.05) is 18.5 Å². The third-order valence-corrected chi connectivity index (χ3v) is 5.20. The first-order valence-corrected chi connectivity index (χ1v) is 9.42. The molecule has 136 valence electrons. The van der Waals surface area contributed by atoms with Gasteiger partial charge in [0.1, 0.15) is 5.82 Å². The van der Waals surface area contributed by atoms with Crippen LogP contribution in [0, 0.1) is 0 Å². The van der Waals surface area contributed by atoms with E-state index in [0.717, 1.165) is 36.4 Å². The molecule has 1 saturated heterocycles. The topological polar surface area (TPSA) is 64.2 Å². The predicted octanol–water partition coefficient (Wildman–Crippen LogP) is 2.86. The molecular formula is C21H26N4O. The molecule has 0 saturated carbocycles. The number of pyridine rings is 1. The number of nitrogens with zero attached hydrogens (tertiary/aromatic N) is 2. The van der Waals surface area contributed by atoms with Crippen molar-refractivity contribution in [2.24, 2.45) is 0 Å². The molecule has 0 aliphatic carbocycles. The third-order valence-electron chi connectivity index (χ3n) is 5.20. The van der Waals surface area contributed by atoms with E-state index in [0.29, 0.717) is 6.54 Å². The van der Waals surface area contributed by atoms with Gasteiger partial charge < -0.3 is 20.3 Å². The molecule has 0 spiro atoms. The van der Waals surface area contributed by atoms with Gasteiger partial charge in [0.2, 0.25) is 0 Å². The maximum atomic E-state index is 9.77. The number of aliphatic hydroxyl groups is 1. The zero-order chi connectivity index (χ0) is 17.8. The van der Waals surface area contributed by atoms with E-state index >= 15 is 0 Å². The standard InChI is InChI=1S/C21H26N4O/c26-15-18(11-17-14-23-20-6-2-1-5-19(17)20)22-12-16-7-8-21(24-13-16)25-9-3-4-10-25/h1-2,5-8,13-14,18,22-23,26H,3-4,9-12,15H2/t18-/m0/s1. The fourth-order valence-electron chi connectivity index (χ4n) is 3.68. The van der Waals surface area contributed by atoms with Gasteiger partial charge in [-0.25, -0.2) is 4.98 Å². The Balaban J connectivity index is 1.36. The lowest BCUT2D eigenvalue weighted by Crippen LogP contribution is -2.34. The van der Waals surface area contributed by atoms with Crippen LogP contribution in [-0.2, 0) is 13.0 Å². The number of aromatic nitrogens is 2. The molecule has 0 bridgehead atoms. The molecule has 2 aromatic heterocycles. The fraction of sp³-hybridized carbons (Fsp3) is 0.381. The van der Waals surface area contributed by atoms with E-state index in [-0.39, 0.29) is 12.6 Å². The number of nitrogens with one attached hydrogen (secondary N) is 2. The Morgan fingerprint density at radius 1 is 1.15 bits per heavy atom. The third kappa shape index (κ3) is 3.74. The highest BCUT2D eigenvalue weighted by Crippen LogP contribution is 2.20. The van der Waals surface area contributed by atoms with Gasteiger partial charge in [-0.15, -0.1) is 0 Å². The first-order valence-electron chi connectivity index (χ1n) is 9.42. The molecule has 0 amide bonds. The average molecular weight is 350 g/mol. The van der Waals surface area contributed by atoms with Crippen LogP contribution in [-0.4, -0.2) is 40.8 Å². The molecule has 0 radical (unpaired) electrons. The van der Waals surface area contributed by atoms with Crippen molar-refractivity contribution in [2.45, 2.75) is 31.8 Å². The van der Waals surface area contributed by atoms with Crippen molar-refractivity contribution in [3.63, 3.8) is 0 Å². The molecule has 26 heavy (non-hydrogen) atoms. The SMILES string of the molecule is OC[C@H](Cc1c[nH]c2ccccc12)NCc1ccc(N2CCCC2)nc1. The largest absolute Gasteiger partial charge is 0.395 e. The quantitative estimate of drug-likeness (QED) is 0.613. The minimum absolute atomic E-state index is 0.0208. The van der Waals surface area contributed by atoms with E-state index in [2.05, 4.69) is 50.5 Å². The van der Waals surface area contributed by atoms with Crippen LogP contribution in [0.5, 0.6) is 0 Å². The Labute approximate surface area is 154 Å². The van der Waals surface area contributed by atoms with Gasteiger partial charge in [-0.3, -0.25) is 0 Å². The molecule has 3 N–H and O–H groups in total. The molecule has 0 unspecified atom stereocenters. The summed E-state index contributed by atoms with van der Waals surface area (Å²) < 4.78 is 0. The second-order valence-corrected chi connectivity index (χ2v) is 7.04. The molecule has 5 nitrogen and oxygen atoms in total. The van der Waals surface area contributed by atoms with E-state index in [1.165, 1.54) is 23.8 Å². The van der Waals surface area contributed by atoms with Crippen LogP contribution in [0.2, 0.25) is 0 Å². The maximum absolute atomic E-state index is 9.77. The first kappa shape index (κ1) is 17.1. The van der Waals surface area contributed by atoms with Crippen molar-refractivity contribution in [3.8, 4) is 0 Å². The van der Waals surface area contributed by atoms with Crippen LogP contribution < -0.4 is 10.2 Å². The van der Waals surface area contributed by atoms with E-state index in [1.54, 1.807) is 0 Å². The van der Waals surface area contributed by atoms with Gasteiger partial charge >= 0.3 is 0 Å². The molecule has 1 aliphatic heterocycles. The van der Waals surface area contributed by atoms with Crippen molar-refractivity contribution in [1.29, 1.82) is 0 Å². The molecule has 1 aromatic carbocycles. The fourth-order valence-corrected chi connectivity index (χ4v) is 3.68. The van der Waals surface area contributed by atoms with Crippen molar-refractivity contribution in [1.82, 2.24) is 15.3 Å². The Morgan fingerprint density at radius 3 is 2.77 bits per heavy atom. The highest BCUT2D eigenvalue weighted by atomic mass is 16.3. The zero-order valence-electron chi connectivity index (χ0n) is 15.0. The van der Waals surface area contributed by atoms with Crippen LogP contribution in [0.1, 0.15) is 24.0 Å². The summed E-state index contributed by atoms with van der Waals surface area (Å²) in [6.07, 6.45) is 7.30. The first-order chi connectivity index (χ1) is 12.8. The summed E-state index contributed by atoms with van der Waals surface area (Å²) in [6, 6.07) is 12.5. The van der Waals surface area contributed by atoms with Crippen molar-refractivity contribution in [2.75, 3.05) is 24.6 Å². The van der Waals surface area contributed by atoms with Crippen LogP contribution in [0.25, 0.3) is 10.9 Å². The van der Waals surface area contributed by atoms with Gasteiger partial charge in [0, 0.05) is 49.0 Å². The predicted molar refractivity (Wildman–Crippen MR) is 105 cm³/mol. The highest BCUT2D eigenvalue weighted by molar-refractivity contribution is 5.83. The molecule has 4 rings (SSSR count). The lowest BCUT2D eigenvalue weighted by molar-refractivity contribution is 0.241. The molecule has 3 aromatic rings. The number of fused-ring (bicyclic) bond motifs is 1. The van der Waals surface area contributed by atoms with Gasteiger partial charge in [-0.05, 0) is 42.5 Å². The van der Waals surface area contributed by atoms with Crippen molar-refractivity contribution < 1.29 is 5.11 Å². The van der Waals surface area contributed by atoms with Gasteiger partial charge in [0.15, 0.2) is 0 Å². The monoisotopic (exact) mass is 350 g/mol. The molecule has 1 fully saturated rings. The number of aliphatic hydroxyl groups excluding tert-OH is 1. The lowest BCUT2D eigenvalue weighted by atomic mass is 10.1. The Hall–Kier alpha value is -2.37. The second kappa shape index (κ2) is 7.89. The highest BCUT2D eigenvalue weighted by Gasteiger charge is 2.14. The van der Waals surface area contributed by atoms with Crippen molar-refractivity contribution in [3.05, 3.63) is 59.9 Å². The maximum Gasteiger partial charge on any atom is 0.128 e. The van der Waals surface area contributed by atoms with E-state index in [4.69, 9.17) is 0 Å². The summed E-state index contributed by atoms with van der Waals surface area (Å²) in [7, 11) is 0. The lowest BCUT2D eigenvalue weighted by Gasteiger charge is -2.18. The molecule has 5 heteroatoms. The second-order valence-electron chi connectivity index (χ2n) is 7.04. The smallest absolute Gasteiger partial charge is 0.128 e. The minimum Gasteiger partial charge on any atom is -0.395 e. The molecule has 1 atom stereocenters. The molecular weight excluding hydrogens is 324 g/mol.